The minimum atomic E-state index is -1.28. The highest BCUT2D eigenvalue weighted by Gasteiger charge is 2.21. The van der Waals surface area contributed by atoms with E-state index in [0.717, 1.165) is 41.0 Å². The molecule has 28 heavy (non-hydrogen) atoms. The van der Waals surface area contributed by atoms with E-state index in [0.29, 0.717) is 0 Å². The monoisotopic (exact) mass is 416 g/mol. The molecule has 1 atom stereocenters. The summed E-state index contributed by atoms with van der Waals surface area (Å²) in [4.78, 5) is 3.22. The Kier molecular flexibility index (Phi) is 7.10. The Morgan fingerprint density at radius 2 is 1.75 bits per heavy atom. The molecule has 0 aromatic heterocycles. The van der Waals surface area contributed by atoms with E-state index >= 15 is 0 Å². The first kappa shape index (κ1) is 21.3. The lowest BCUT2D eigenvalue weighted by molar-refractivity contribution is 0.439. The summed E-state index contributed by atoms with van der Waals surface area (Å²) >= 11 is 1.92. The Bertz CT molecular complexity index is 797. The van der Waals surface area contributed by atoms with Crippen LogP contribution in [-0.2, 0) is 15.7 Å². The number of nitrogens with zero attached hydrogens (tertiary/aromatic N) is 1. The number of nitrogens with one attached hydrogen (secondary N) is 1. The first-order valence-electron chi connectivity index (χ1n) is 10.2. The van der Waals surface area contributed by atoms with Gasteiger partial charge >= 0.3 is 0 Å². The molecule has 152 valence electrons. The third kappa shape index (κ3) is 5.12. The number of hydrogen-bond donors (Lipinski definition) is 1. The fourth-order valence-electron chi connectivity index (χ4n) is 3.67. The summed E-state index contributed by atoms with van der Waals surface area (Å²) < 4.78 is 16.3. The van der Waals surface area contributed by atoms with Crippen LogP contribution in [-0.4, -0.2) is 23.1 Å². The summed E-state index contributed by atoms with van der Waals surface area (Å²) in [6.07, 6.45) is 2.43. The van der Waals surface area contributed by atoms with Gasteiger partial charge in [0.05, 0.1) is 16.3 Å². The molecule has 2 aromatic carbocycles. The average molecular weight is 417 g/mol. The van der Waals surface area contributed by atoms with Gasteiger partial charge in [-0.15, -0.1) is 0 Å². The summed E-state index contributed by atoms with van der Waals surface area (Å²) in [5.41, 5.74) is 3.36. The molecule has 3 rings (SSSR count). The van der Waals surface area contributed by atoms with Gasteiger partial charge in [-0.25, -0.2) is 4.21 Å². The maximum absolute atomic E-state index is 13.0. The van der Waals surface area contributed by atoms with E-state index < -0.39 is 11.0 Å². The molecule has 0 saturated carbocycles. The number of hydrogen-bond acceptors (Lipinski definition) is 3. The SMILES string of the molecule is CCSC(C)(C)c1ccc(S(=O)Nc2ccccc2N2CCC(C)CC2)cc1. The lowest BCUT2D eigenvalue weighted by atomic mass is 9.98. The van der Waals surface area contributed by atoms with Crippen molar-refractivity contribution >= 4 is 34.1 Å². The van der Waals surface area contributed by atoms with Gasteiger partial charge in [0.15, 0.2) is 0 Å². The highest BCUT2D eigenvalue weighted by atomic mass is 32.2. The molecular formula is C23H32N2OS2. The lowest BCUT2D eigenvalue weighted by Gasteiger charge is -2.33. The zero-order valence-corrected chi connectivity index (χ0v) is 19.0. The van der Waals surface area contributed by atoms with Crippen molar-refractivity contribution in [1.82, 2.24) is 0 Å². The lowest BCUT2D eigenvalue weighted by Crippen LogP contribution is -2.33. The van der Waals surface area contributed by atoms with Gasteiger partial charge in [0.25, 0.3) is 0 Å². The van der Waals surface area contributed by atoms with E-state index in [4.69, 9.17) is 0 Å². The van der Waals surface area contributed by atoms with Gasteiger partial charge < -0.3 is 4.90 Å². The van der Waals surface area contributed by atoms with Crippen molar-refractivity contribution < 1.29 is 4.21 Å². The Balaban J connectivity index is 1.73. The number of benzene rings is 2. The minimum absolute atomic E-state index is 0.0696. The van der Waals surface area contributed by atoms with Crippen molar-refractivity contribution in [3.8, 4) is 0 Å². The van der Waals surface area contributed by atoms with E-state index in [2.05, 4.69) is 61.6 Å². The maximum atomic E-state index is 13.0. The van der Waals surface area contributed by atoms with Crippen LogP contribution in [0.25, 0.3) is 0 Å². The predicted octanol–water partition coefficient (Wildman–Crippen LogP) is 6.05. The molecule has 5 heteroatoms. The van der Waals surface area contributed by atoms with Gasteiger partial charge in [0.2, 0.25) is 0 Å². The van der Waals surface area contributed by atoms with E-state index in [1.54, 1.807) is 0 Å². The van der Waals surface area contributed by atoms with Crippen LogP contribution in [0.15, 0.2) is 53.4 Å². The smallest absolute Gasteiger partial charge is 0.150 e. The molecule has 3 nitrogen and oxygen atoms in total. The summed E-state index contributed by atoms with van der Waals surface area (Å²) in [5, 5.41) is 0. The van der Waals surface area contributed by atoms with Crippen LogP contribution in [0.5, 0.6) is 0 Å². The van der Waals surface area contributed by atoms with Crippen molar-refractivity contribution in [2.24, 2.45) is 5.92 Å². The molecule has 0 amide bonds. The van der Waals surface area contributed by atoms with Gasteiger partial charge in [-0.2, -0.15) is 11.8 Å². The third-order valence-corrected chi connectivity index (χ3v) is 7.85. The first-order chi connectivity index (χ1) is 13.4. The molecule has 1 aliphatic rings. The van der Waals surface area contributed by atoms with Crippen LogP contribution in [0.4, 0.5) is 11.4 Å². The van der Waals surface area contributed by atoms with Gasteiger partial charge in [-0.1, -0.05) is 38.1 Å². The molecule has 0 aliphatic carbocycles. The number of anilines is 2. The number of para-hydroxylation sites is 2. The molecule has 1 fully saturated rings. The summed E-state index contributed by atoms with van der Waals surface area (Å²) in [6.45, 7) is 11.1. The molecule has 0 bridgehead atoms. The van der Waals surface area contributed by atoms with Crippen molar-refractivity contribution in [3.05, 3.63) is 54.1 Å². The topological polar surface area (TPSA) is 32.3 Å². The van der Waals surface area contributed by atoms with Crippen molar-refractivity contribution in [2.75, 3.05) is 28.5 Å². The molecule has 1 saturated heterocycles. The third-order valence-electron chi connectivity index (χ3n) is 5.50. The van der Waals surface area contributed by atoms with Crippen LogP contribution >= 0.6 is 11.8 Å². The van der Waals surface area contributed by atoms with Crippen molar-refractivity contribution in [2.45, 2.75) is 50.2 Å². The second-order valence-electron chi connectivity index (χ2n) is 8.03. The number of rotatable bonds is 7. The summed E-state index contributed by atoms with van der Waals surface area (Å²) in [7, 11) is -1.28. The van der Waals surface area contributed by atoms with Gasteiger partial charge in [0.1, 0.15) is 11.0 Å². The Morgan fingerprint density at radius 1 is 1.11 bits per heavy atom. The van der Waals surface area contributed by atoms with E-state index in [1.807, 2.05) is 36.0 Å². The minimum Gasteiger partial charge on any atom is -0.370 e. The number of thioether (sulfide) groups is 1. The standard InChI is InChI=1S/C23H32N2OS2/c1-5-27-23(3,4)19-10-12-20(13-11-19)28(26)24-21-8-6-7-9-22(21)25-16-14-18(2)15-17-25/h6-13,18,24H,5,14-17H2,1-4H3. The zero-order valence-electron chi connectivity index (χ0n) is 17.4. The maximum Gasteiger partial charge on any atom is 0.150 e. The van der Waals surface area contributed by atoms with Gasteiger partial charge in [-0.3, -0.25) is 4.72 Å². The second-order valence-corrected chi connectivity index (χ2v) is 11.1. The van der Waals surface area contributed by atoms with E-state index in [1.165, 1.54) is 18.4 Å². The Labute approximate surface area is 176 Å². The van der Waals surface area contributed by atoms with Crippen LogP contribution in [0.2, 0.25) is 0 Å². The average Bonchev–Trinajstić information content (AvgIpc) is 2.69. The molecular weight excluding hydrogens is 384 g/mol. The molecule has 0 spiro atoms. The van der Waals surface area contributed by atoms with Crippen molar-refractivity contribution in [1.29, 1.82) is 0 Å². The highest BCUT2D eigenvalue weighted by Crippen LogP contribution is 2.36. The largest absolute Gasteiger partial charge is 0.370 e. The number of piperidine rings is 1. The van der Waals surface area contributed by atoms with E-state index in [9.17, 15) is 4.21 Å². The molecule has 2 aromatic rings. The van der Waals surface area contributed by atoms with Gasteiger partial charge in [-0.05, 0) is 68.2 Å². The Hall–Kier alpha value is -1.46. The van der Waals surface area contributed by atoms with E-state index in [-0.39, 0.29) is 4.75 Å². The summed E-state index contributed by atoms with van der Waals surface area (Å²) in [5.74, 6) is 1.87. The molecule has 0 radical (unpaired) electrons. The van der Waals surface area contributed by atoms with Crippen LogP contribution in [0.1, 0.15) is 46.1 Å². The normalized spacial score (nSPS) is 16.8. The van der Waals surface area contributed by atoms with Gasteiger partial charge in [0, 0.05) is 17.8 Å². The zero-order chi connectivity index (χ0) is 20.1. The first-order valence-corrected chi connectivity index (χ1v) is 12.3. The molecule has 1 N–H and O–H groups in total. The van der Waals surface area contributed by atoms with Crippen LogP contribution < -0.4 is 9.62 Å². The molecule has 1 unspecified atom stereocenters. The molecule has 1 aliphatic heterocycles. The quantitative estimate of drug-likeness (QED) is 0.597. The fourth-order valence-corrected chi connectivity index (χ4v) is 5.57. The van der Waals surface area contributed by atoms with Crippen LogP contribution in [0, 0.1) is 5.92 Å². The highest BCUT2D eigenvalue weighted by molar-refractivity contribution is 8.00. The Morgan fingerprint density at radius 3 is 2.39 bits per heavy atom. The molecule has 1 heterocycles. The van der Waals surface area contributed by atoms with Crippen molar-refractivity contribution in [3.63, 3.8) is 0 Å². The fraction of sp³-hybridized carbons (Fsp3) is 0.478. The predicted molar refractivity (Wildman–Crippen MR) is 125 cm³/mol. The second kappa shape index (κ2) is 9.36. The van der Waals surface area contributed by atoms with Crippen LogP contribution in [0.3, 0.4) is 0 Å². The summed E-state index contributed by atoms with van der Waals surface area (Å²) in [6, 6.07) is 16.4.